The summed E-state index contributed by atoms with van der Waals surface area (Å²) in [6.45, 7) is 3.34. The van der Waals surface area contributed by atoms with Crippen LogP contribution in [0.2, 0.25) is 0 Å². The maximum atomic E-state index is 12.3. The number of hydrogen-bond acceptors (Lipinski definition) is 3. The third kappa shape index (κ3) is 3.37. The molecule has 2 N–H and O–H groups in total. The van der Waals surface area contributed by atoms with Crippen LogP contribution in [0.1, 0.15) is 23.0 Å². The molecular formula is C17H16N4O2. The van der Waals surface area contributed by atoms with Crippen molar-refractivity contribution in [3.8, 4) is 0 Å². The van der Waals surface area contributed by atoms with Crippen molar-refractivity contribution in [1.82, 2.24) is 9.38 Å². The molecular weight excluding hydrogens is 292 g/mol. The van der Waals surface area contributed by atoms with Crippen molar-refractivity contribution < 1.29 is 9.59 Å². The Hall–Kier alpha value is -3.15. The van der Waals surface area contributed by atoms with Crippen molar-refractivity contribution in [2.75, 3.05) is 10.6 Å². The smallest absolute Gasteiger partial charge is 0.255 e. The van der Waals surface area contributed by atoms with Crippen molar-refractivity contribution >= 4 is 28.8 Å². The van der Waals surface area contributed by atoms with E-state index in [2.05, 4.69) is 15.6 Å². The predicted molar refractivity (Wildman–Crippen MR) is 88.6 cm³/mol. The number of rotatable bonds is 3. The summed E-state index contributed by atoms with van der Waals surface area (Å²) in [5.74, 6) is -0.420. The number of amides is 2. The number of carbonyl (C=O) groups is 2. The van der Waals surface area contributed by atoms with E-state index in [-0.39, 0.29) is 11.8 Å². The lowest BCUT2D eigenvalue weighted by atomic mass is 10.2. The molecule has 6 nitrogen and oxygen atoms in total. The second-order valence-corrected chi connectivity index (χ2v) is 5.28. The molecule has 0 saturated carbocycles. The first-order chi connectivity index (χ1) is 11.0. The molecule has 116 valence electrons. The zero-order valence-electron chi connectivity index (χ0n) is 12.8. The number of fused-ring (bicyclic) bond motifs is 1. The lowest BCUT2D eigenvalue weighted by molar-refractivity contribution is -0.114. The highest BCUT2D eigenvalue weighted by Crippen LogP contribution is 2.15. The van der Waals surface area contributed by atoms with Crippen LogP contribution in [0.5, 0.6) is 0 Å². The number of hydrogen-bond donors (Lipinski definition) is 2. The SMILES string of the molecule is CC(=O)Nc1cccc(C(=O)Nc2ccc3nc(C)cn3c2)c1. The quantitative estimate of drug-likeness (QED) is 0.781. The molecule has 3 rings (SSSR count). The fraction of sp³-hybridized carbons (Fsp3) is 0.118. The molecule has 2 heterocycles. The molecule has 0 unspecified atom stereocenters. The number of benzene rings is 1. The Morgan fingerprint density at radius 3 is 2.65 bits per heavy atom. The summed E-state index contributed by atoms with van der Waals surface area (Å²) in [5.41, 5.74) is 3.47. The monoisotopic (exact) mass is 308 g/mol. The van der Waals surface area contributed by atoms with Crippen LogP contribution < -0.4 is 10.6 Å². The first kappa shape index (κ1) is 14.8. The Morgan fingerprint density at radius 1 is 1.04 bits per heavy atom. The summed E-state index contributed by atoms with van der Waals surface area (Å²) in [6, 6.07) is 10.4. The van der Waals surface area contributed by atoms with Gasteiger partial charge in [0.15, 0.2) is 0 Å². The van der Waals surface area contributed by atoms with Crippen molar-refractivity contribution in [2.24, 2.45) is 0 Å². The minimum atomic E-state index is -0.242. The van der Waals surface area contributed by atoms with Crippen LogP contribution in [0, 0.1) is 6.92 Å². The van der Waals surface area contributed by atoms with E-state index in [1.807, 2.05) is 29.8 Å². The second-order valence-electron chi connectivity index (χ2n) is 5.28. The number of aryl methyl sites for hydroxylation is 1. The highest BCUT2D eigenvalue weighted by atomic mass is 16.2. The van der Waals surface area contributed by atoms with Gasteiger partial charge in [-0.25, -0.2) is 4.98 Å². The standard InChI is InChI=1S/C17H16N4O2/c1-11-9-21-10-15(6-7-16(21)18-11)20-17(23)13-4-3-5-14(8-13)19-12(2)22/h3-10H,1-2H3,(H,19,22)(H,20,23). The summed E-state index contributed by atoms with van der Waals surface area (Å²) in [7, 11) is 0. The van der Waals surface area contributed by atoms with Crippen molar-refractivity contribution in [3.63, 3.8) is 0 Å². The Balaban J connectivity index is 1.81. The van der Waals surface area contributed by atoms with Gasteiger partial charge in [0.05, 0.1) is 11.4 Å². The summed E-state index contributed by atoms with van der Waals surface area (Å²) < 4.78 is 1.86. The van der Waals surface area contributed by atoms with Gasteiger partial charge in [-0.3, -0.25) is 9.59 Å². The number of imidazole rings is 1. The van der Waals surface area contributed by atoms with Crippen LogP contribution in [-0.2, 0) is 4.79 Å². The highest BCUT2D eigenvalue weighted by Gasteiger charge is 2.08. The van der Waals surface area contributed by atoms with E-state index in [0.29, 0.717) is 16.9 Å². The van der Waals surface area contributed by atoms with Gasteiger partial charge in [-0.1, -0.05) is 6.07 Å². The highest BCUT2D eigenvalue weighted by molar-refractivity contribution is 6.05. The van der Waals surface area contributed by atoms with E-state index < -0.39 is 0 Å². The van der Waals surface area contributed by atoms with Gasteiger partial charge >= 0.3 is 0 Å². The van der Waals surface area contributed by atoms with Gasteiger partial charge in [-0.2, -0.15) is 0 Å². The molecule has 6 heteroatoms. The molecule has 0 atom stereocenters. The number of pyridine rings is 1. The maximum absolute atomic E-state index is 12.3. The molecule has 3 aromatic rings. The minimum absolute atomic E-state index is 0.177. The Morgan fingerprint density at radius 2 is 1.87 bits per heavy atom. The summed E-state index contributed by atoms with van der Waals surface area (Å²) in [6.07, 6.45) is 3.70. The first-order valence-corrected chi connectivity index (χ1v) is 7.15. The third-order valence-electron chi connectivity index (χ3n) is 3.27. The second kappa shape index (κ2) is 5.92. The average molecular weight is 308 g/mol. The minimum Gasteiger partial charge on any atom is -0.326 e. The van der Waals surface area contributed by atoms with E-state index in [9.17, 15) is 9.59 Å². The number of nitrogens with one attached hydrogen (secondary N) is 2. The van der Waals surface area contributed by atoms with Crippen LogP contribution in [0.4, 0.5) is 11.4 Å². The predicted octanol–water partition coefficient (Wildman–Crippen LogP) is 2.85. The van der Waals surface area contributed by atoms with Crippen LogP contribution in [0.25, 0.3) is 5.65 Å². The normalized spacial score (nSPS) is 10.5. The van der Waals surface area contributed by atoms with Gasteiger partial charge in [-0.15, -0.1) is 0 Å². The van der Waals surface area contributed by atoms with Crippen molar-refractivity contribution in [3.05, 3.63) is 60.0 Å². The molecule has 1 aromatic carbocycles. The van der Waals surface area contributed by atoms with E-state index in [4.69, 9.17) is 0 Å². The summed E-state index contributed by atoms with van der Waals surface area (Å²) in [4.78, 5) is 27.8. The molecule has 2 aromatic heterocycles. The zero-order valence-corrected chi connectivity index (χ0v) is 12.8. The van der Waals surface area contributed by atoms with E-state index >= 15 is 0 Å². The van der Waals surface area contributed by atoms with Crippen LogP contribution in [0.15, 0.2) is 48.8 Å². The first-order valence-electron chi connectivity index (χ1n) is 7.15. The van der Waals surface area contributed by atoms with E-state index in [1.165, 1.54) is 6.92 Å². The third-order valence-corrected chi connectivity index (χ3v) is 3.27. The molecule has 0 aliphatic heterocycles. The summed E-state index contributed by atoms with van der Waals surface area (Å²) >= 11 is 0. The van der Waals surface area contributed by atoms with E-state index in [1.54, 1.807) is 30.3 Å². The molecule has 0 radical (unpaired) electrons. The average Bonchev–Trinajstić information content (AvgIpc) is 2.86. The van der Waals surface area contributed by atoms with Gasteiger partial charge < -0.3 is 15.0 Å². The Bertz CT molecular complexity index is 898. The van der Waals surface area contributed by atoms with Crippen molar-refractivity contribution in [1.29, 1.82) is 0 Å². The molecule has 2 amide bonds. The van der Waals surface area contributed by atoms with E-state index in [0.717, 1.165) is 11.3 Å². The van der Waals surface area contributed by atoms with Crippen LogP contribution in [-0.4, -0.2) is 21.2 Å². The number of anilines is 2. The fourth-order valence-corrected chi connectivity index (χ4v) is 2.34. The molecule has 0 saturated heterocycles. The van der Waals surface area contributed by atoms with Gasteiger partial charge in [0.1, 0.15) is 5.65 Å². The molecule has 0 bridgehead atoms. The van der Waals surface area contributed by atoms with Gasteiger partial charge in [0, 0.05) is 30.6 Å². The van der Waals surface area contributed by atoms with Gasteiger partial charge in [-0.05, 0) is 37.3 Å². The topological polar surface area (TPSA) is 75.5 Å². The lowest BCUT2D eigenvalue weighted by Gasteiger charge is -2.08. The maximum Gasteiger partial charge on any atom is 0.255 e. The molecule has 23 heavy (non-hydrogen) atoms. The van der Waals surface area contributed by atoms with Gasteiger partial charge in [0.25, 0.3) is 5.91 Å². The molecule has 0 fully saturated rings. The zero-order chi connectivity index (χ0) is 16.4. The molecule has 0 aliphatic carbocycles. The number of aromatic nitrogens is 2. The molecule has 0 aliphatic rings. The number of carbonyl (C=O) groups excluding carboxylic acids is 2. The number of nitrogens with zero attached hydrogens (tertiary/aromatic N) is 2. The largest absolute Gasteiger partial charge is 0.326 e. The van der Waals surface area contributed by atoms with Crippen LogP contribution >= 0.6 is 0 Å². The Labute approximate surface area is 133 Å². The van der Waals surface area contributed by atoms with Crippen molar-refractivity contribution in [2.45, 2.75) is 13.8 Å². The Kier molecular flexibility index (Phi) is 3.80. The van der Waals surface area contributed by atoms with Crippen LogP contribution in [0.3, 0.4) is 0 Å². The van der Waals surface area contributed by atoms with Gasteiger partial charge in [0.2, 0.25) is 5.91 Å². The lowest BCUT2D eigenvalue weighted by Crippen LogP contribution is -2.13. The fourth-order valence-electron chi connectivity index (χ4n) is 2.34. The molecule has 0 spiro atoms. The summed E-state index contributed by atoms with van der Waals surface area (Å²) in [5, 5.41) is 5.50.